The summed E-state index contributed by atoms with van der Waals surface area (Å²) in [6.45, 7) is 0. The Morgan fingerprint density at radius 2 is 1.14 bits per heavy atom. The van der Waals surface area contributed by atoms with Crippen molar-refractivity contribution in [3.63, 3.8) is 0 Å². The van der Waals surface area contributed by atoms with Crippen LogP contribution in [0.1, 0.15) is 22.3 Å². The van der Waals surface area contributed by atoms with Crippen LogP contribution in [0.4, 0.5) is 4.70 Å². The van der Waals surface area contributed by atoms with E-state index in [1.165, 1.54) is 16.7 Å². The molecular weight excluding hydrogens is 275 g/mol. The Kier molecular flexibility index (Phi) is 5.31. The van der Waals surface area contributed by atoms with E-state index in [0.29, 0.717) is 5.75 Å². The van der Waals surface area contributed by atoms with Crippen LogP contribution in [0, 0.1) is 0 Å². The SMILES string of the molecule is F.Oc1cccc(Cc2ccccc2)c1Cc1ccccc1. The molecule has 0 aliphatic heterocycles. The fourth-order valence-electron chi connectivity index (χ4n) is 2.61. The van der Waals surface area contributed by atoms with Crippen molar-refractivity contribution in [2.24, 2.45) is 0 Å². The van der Waals surface area contributed by atoms with Crippen LogP contribution >= 0.6 is 0 Å². The highest BCUT2D eigenvalue weighted by atomic mass is 19.0. The quantitative estimate of drug-likeness (QED) is 0.737. The predicted octanol–water partition coefficient (Wildman–Crippen LogP) is 4.73. The van der Waals surface area contributed by atoms with Crippen molar-refractivity contribution in [2.45, 2.75) is 12.8 Å². The molecular formula is C20H19FO. The number of benzene rings is 3. The zero-order chi connectivity index (χ0) is 14.5. The maximum Gasteiger partial charge on any atom is 0.119 e. The molecule has 2 heteroatoms. The lowest BCUT2D eigenvalue weighted by Crippen LogP contribution is -1.97. The lowest BCUT2D eigenvalue weighted by Gasteiger charge is -2.12. The van der Waals surface area contributed by atoms with Gasteiger partial charge in [-0.25, -0.2) is 0 Å². The van der Waals surface area contributed by atoms with E-state index in [0.717, 1.165) is 18.4 Å². The molecule has 0 amide bonds. The Balaban J connectivity index is 0.00000176. The van der Waals surface area contributed by atoms with E-state index in [1.54, 1.807) is 6.07 Å². The minimum Gasteiger partial charge on any atom is -0.508 e. The van der Waals surface area contributed by atoms with E-state index < -0.39 is 0 Å². The van der Waals surface area contributed by atoms with Gasteiger partial charge < -0.3 is 5.11 Å². The summed E-state index contributed by atoms with van der Waals surface area (Å²) in [7, 11) is 0. The van der Waals surface area contributed by atoms with E-state index >= 15 is 0 Å². The van der Waals surface area contributed by atoms with Gasteiger partial charge in [0.05, 0.1) is 0 Å². The van der Waals surface area contributed by atoms with Gasteiger partial charge in [-0.2, -0.15) is 0 Å². The lowest BCUT2D eigenvalue weighted by atomic mass is 9.94. The lowest BCUT2D eigenvalue weighted by molar-refractivity contribution is 0.468. The highest BCUT2D eigenvalue weighted by molar-refractivity contribution is 5.44. The molecule has 0 atom stereocenters. The summed E-state index contributed by atoms with van der Waals surface area (Å²) >= 11 is 0. The third kappa shape index (κ3) is 3.73. The number of hydrogen-bond donors (Lipinski definition) is 1. The first kappa shape index (κ1) is 15.8. The highest BCUT2D eigenvalue weighted by Crippen LogP contribution is 2.26. The van der Waals surface area contributed by atoms with Crippen molar-refractivity contribution in [1.82, 2.24) is 0 Å². The van der Waals surface area contributed by atoms with Crippen LogP contribution < -0.4 is 0 Å². The Morgan fingerprint density at radius 3 is 1.73 bits per heavy atom. The molecule has 0 aliphatic rings. The van der Waals surface area contributed by atoms with Crippen molar-refractivity contribution >= 4 is 0 Å². The third-order valence-electron chi connectivity index (χ3n) is 3.71. The van der Waals surface area contributed by atoms with Gasteiger partial charge >= 0.3 is 0 Å². The highest BCUT2D eigenvalue weighted by Gasteiger charge is 2.09. The molecule has 22 heavy (non-hydrogen) atoms. The number of hydrogen-bond acceptors (Lipinski definition) is 1. The fraction of sp³-hybridized carbons (Fsp3) is 0.100. The maximum atomic E-state index is 10.2. The summed E-state index contributed by atoms with van der Waals surface area (Å²) in [5.41, 5.74) is 4.68. The van der Waals surface area contributed by atoms with Crippen LogP contribution in [0.3, 0.4) is 0 Å². The largest absolute Gasteiger partial charge is 0.508 e. The van der Waals surface area contributed by atoms with Gasteiger partial charge in [0.1, 0.15) is 5.75 Å². The average Bonchev–Trinajstić information content (AvgIpc) is 2.53. The number of halogens is 1. The first-order valence-electron chi connectivity index (χ1n) is 7.20. The van der Waals surface area contributed by atoms with Crippen molar-refractivity contribution in [3.05, 3.63) is 101 Å². The van der Waals surface area contributed by atoms with Crippen LogP contribution in [0.15, 0.2) is 78.9 Å². The Bertz CT molecular complexity index is 708. The van der Waals surface area contributed by atoms with Crippen LogP contribution in [-0.2, 0) is 12.8 Å². The zero-order valence-corrected chi connectivity index (χ0v) is 12.3. The van der Waals surface area contributed by atoms with Crippen LogP contribution in [0.2, 0.25) is 0 Å². The molecule has 0 heterocycles. The molecule has 0 unspecified atom stereocenters. The molecule has 3 rings (SSSR count). The van der Waals surface area contributed by atoms with Gasteiger partial charge in [-0.3, -0.25) is 4.70 Å². The van der Waals surface area contributed by atoms with Crippen molar-refractivity contribution < 1.29 is 9.81 Å². The Labute approximate surface area is 130 Å². The van der Waals surface area contributed by atoms with E-state index in [9.17, 15) is 5.11 Å². The molecule has 0 saturated heterocycles. The molecule has 0 aliphatic carbocycles. The van der Waals surface area contributed by atoms with Crippen molar-refractivity contribution in [2.75, 3.05) is 0 Å². The number of phenolic OH excluding ortho intramolecular Hbond substituents is 1. The third-order valence-corrected chi connectivity index (χ3v) is 3.71. The molecule has 1 N–H and O–H groups in total. The molecule has 1 nitrogen and oxygen atoms in total. The second kappa shape index (κ2) is 7.41. The molecule has 3 aromatic carbocycles. The van der Waals surface area contributed by atoms with E-state index in [-0.39, 0.29) is 4.70 Å². The first-order valence-corrected chi connectivity index (χ1v) is 7.20. The number of aromatic hydroxyl groups is 1. The van der Waals surface area contributed by atoms with Gasteiger partial charge in [-0.05, 0) is 29.2 Å². The molecule has 0 fully saturated rings. The topological polar surface area (TPSA) is 20.2 Å². The van der Waals surface area contributed by atoms with Crippen LogP contribution in [0.25, 0.3) is 0 Å². The standard InChI is InChI=1S/C20H18O.FH/c21-20-13-7-12-18(14-16-8-3-1-4-9-16)19(20)15-17-10-5-2-6-11-17;/h1-13,21H,14-15H2;1H. The summed E-state index contributed by atoms with van der Waals surface area (Å²) in [4.78, 5) is 0. The monoisotopic (exact) mass is 294 g/mol. The molecule has 0 saturated carbocycles. The Hall–Kier alpha value is -2.61. The summed E-state index contributed by atoms with van der Waals surface area (Å²) in [5, 5.41) is 10.2. The summed E-state index contributed by atoms with van der Waals surface area (Å²) in [6, 6.07) is 26.4. The van der Waals surface area contributed by atoms with Crippen molar-refractivity contribution in [3.8, 4) is 5.75 Å². The summed E-state index contributed by atoms with van der Waals surface area (Å²) in [5.74, 6) is 0.382. The second-order valence-electron chi connectivity index (χ2n) is 5.24. The van der Waals surface area contributed by atoms with Gasteiger partial charge in [0.2, 0.25) is 0 Å². The summed E-state index contributed by atoms with van der Waals surface area (Å²) in [6.07, 6.45) is 1.60. The van der Waals surface area contributed by atoms with E-state index in [2.05, 4.69) is 42.5 Å². The van der Waals surface area contributed by atoms with Gasteiger partial charge in [-0.15, -0.1) is 0 Å². The maximum absolute atomic E-state index is 10.2. The molecule has 0 radical (unpaired) electrons. The van der Waals surface area contributed by atoms with E-state index in [1.807, 2.05) is 30.3 Å². The smallest absolute Gasteiger partial charge is 0.119 e. The van der Waals surface area contributed by atoms with Gasteiger partial charge in [-0.1, -0.05) is 72.8 Å². The zero-order valence-electron chi connectivity index (χ0n) is 12.3. The summed E-state index contributed by atoms with van der Waals surface area (Å²) < 4.78 is 0. The average molecular weight is 294 g/mol. The fourth-order valence-corrected chi connectivity index (χ4v) is 2.61. The van der Waals surface area contributed by atoms with Gasteiger partial charge in [0.15, 0.2) is 0 Å². The Morgan fingerprint density at radius 1 is 0.591 bits per heavy atom. The normalized spacial score (nSPS) is 10.0. The molecule has 112 valence electrons. The van der Waals surface area contributed by atoms with Gasteiger partial charge in [0.25, 0.3) is 0 Å². The van der Waals surface area contributed by atoms with E-state index in [4.69, 9.17) is 0 Å². The van der Waals surface area contributed by atoms with Crippen LogP contribution in [0.5, 0.6) is 5.75 Å². The van der Waals surface area contributed by atoms with Crippen LogP contribution in [-0.4, -0.2) is 5.11 Å². The minimum atomic E-state index is 0. The molecule has 0 spiro atoms. The molecule has 3 aromatic rings. The second-order valence-corrected chi connectivity index (χ2v) is 5.24. The predicted molar refractivity (Wildman–Crippen MR) is 89.1 cm³/mol. The number of phenols is 1. The molecule has 0 bridgehead atoms. The molecule has 0 aromatic heterocycles. The number of rotatable bonds is 4. The minimum absolute atomic E-state index is 0. The van der Waals surface area contributed by atoms with Crippen molar-refractivity contribution in [1.29, 1.82) is 0 Å². The van der Waals surface area contributed by atoms with Gasteiger partial charge in [0, 0.05) is 12.0 Å². The first-order chi connectivity index (χ1) is 10.3.